The number of piperidine rings is 1. The van der Waals surface area contributed by atoms with Gasteiger partial charge in [-0.25, -0.2) is 17.8 Å². The predicted octanol–water partition coefficient (Wildman–Crippen LogP) is 4.48. The maximum atomic E-state index is 14.7. The van der Waals surface area contributed by atoms with Gasteiger partial charge >= 0.3 is 6.09 Å². The number of hydrogen-bond acceptors (Lipinski definition) is 8. The summed E-state index contributed by atoms with van der Waals surface area (Å²) < 4.78 is 35.2. The number of nitrogens with one attached hydrogen (secondary N) is 2. The van der Waals surface area contributed by atoms with Gasteiger partial charge in [0.25, 0.3) is 5.91 Å². The van der Waals surface area contributed by atoms with Crippen molar-refractivity contribution >= 4 is 61.6 Å². The van der Waals surface area contributed by atoms with Crippen molar-refractivity contribution in [2.24, 2.45) is 17.3 Å². The molecule has 0 unspecified atom stereocenters. The number of aromatic nitrogens is 1. The van der Waals surface area contributed by atoms with E-state index in [-0.39, 0.29) is 31.7 Å². The van der Waals surface area contributed by atoms with Crippen LogP contribution in [0.15, 0.2) is 61.2 Å². The minimum Gasteiger partial charge on any atom is -0.444 e. The molecule has 2 aromatic carbocycles. The fraction of sp³-hybridized carbons (Fsp3) is 0.525. The van der Waals surface area contributed by atoms with Crippen molar-refractivity contribution in [1.82, 2.24) is 24.4 Å². The lowest BCUT2D eigenvalue weighted by Gasteiger charge is -2.36. The molecule has 4 amide bonds. The summed E-state index contributed by atoms with van der Waals surface area (Å²) in [6.45, 7) is 10.6. The molecule has 0 bridgehead atoms. The van der Waals surface area contributed by atoms with Crippen molar-refractivity contribution in [3.63, 3.8) is 0 Å². The molecule has 13 nitrogen and oxygen atoms in total. The quantitative estimate of drug-likeness (QED) is 0.286. The zero-order valence-corrected chi connectivity index (χ0v) is 31.9. The van der Waals surface area contributed by atoms with E-state index in [1.165, 1.54) is 15.5 Å². The monoisotopic (exact) mass is 759 g/mol. The lowest BCUT2D eigenvalue weighted by molar-refractivity contribution is -0.148. The van der Waals surface area contributed by atoms with Crippen molar-refractivity contribution in [1.29, 1.82) is 0 Å². The number of para-hydroxylation sites is 2. The summed E-state index contributed by atoms with van der Waals surface area (Å²) in [6.07, 6.45) is 3.67. The Morgan fingerprint density at radius 1 is 0.963 bits per heavy atom. The molecule has 7 rings (SSSR count). The number of likely N-dealkylation sites (tertiary alicyclic amines) is 2. The number of ether oxygens (including phenoxy) is 1. The lowest BCUT2D eigenvalue weighted by Crippen LogP contribution is -2.57. The van der Waals surface area contributed by atoms with Crippen LogP contribution in [0.2, 0.25) is 0 Å². The van der Waals surface area contributed by atoms with Gasteiger partial charge in [0.2, 0.25) is 27.7 Å². The van der Waals surface area contributed by atoms with Crippen molar-refractivity contribution in [3.8, 4) is 0 Å². The summed E-state index contributed by atoms with van der Waals surface area (Å²) in [6, 6.07) is 13.7. The second kappa shape index (κ2) is 14.2. The molecular weight excluding hydrogens is 711 g/mol. The van der Waals surface area contributed by atoms with Crippen LogP contribution in [-0.4, -0.2) is 95.1 Å². The fourth-order valence-electron chi connectivity index (χ4n) is 8.12. The number of fused-ring (bicyclic) bond motifs is 3. The summed E-state index contributed by atoms with van der Waals surface area (Å²) >= 11 is 0. The minimum absolute atomic E-state index is 0.0527. The Labute approximate surface area is 315 Å². The van der Waals surface area contributed by atoms with E-state index in [4.69, 9.17) is 4.74 Å². The summed E-state index contributed by atoms with van der Waals surface area (Å²) in [4.78, 5) is 73.3. The molecule has 2 aliphatic carbocycles. The van der Waals surface area contributed by atoms with E-state index in [1.54, 1.807) is 4.90 Å². The second-order valence-corrected chi connectivity index (χ2v) is 18.3. The van der Waals surface area contributed by atoms with E-state index < -0.39 is 74.0 Å². The summed E-state index contributed by atoms with van der Waals surface area (Å²) in [7, 11) is -3.91. The number of nitrogens with zero attached hydrogens (tertiary/aromatic N) is 3. The third-order valence-corrected chi connectivity index (χ3v) is 13.4. The molecule has 4 aliphatic rings. The highest BCUT2D eigenvalue weighted by molar-refractivity contribution is 7.91. The van der Waals surface area contributed by atoms with Crippen molar-refractivity contribution in [2.75, 3.05) is 19.6 Å². The molecule has 2 saturated heterocycles. The summed E-state index contributed by atoms with van der Waals surface area (Å²) in [5, 5.41) is 3.88. The Morgan fingerprint density at radius 2 is 1.57 bits per heavy atom. The van der Waals surface area contributed by atoms with Gasteiger partial charge in [-0.3, -0.25) is 23.9 Å². The van der Waals surface area contributed by atoms with Crippen LogP contribution in [0.25, 0.3) is 21.8 Å². The zero-order chi connectivity index (χ0) is 38.6. The number of rotatable bonds is 10. The van der Waals surface area contributed by atoms with Crippen LogP contribution in [0.3, 0.4) is 0 Å². The van der Waals surface area contributed by atoms with Crippen molar-refractivity contribution < 1.29 is 37.1 Å². The Hall–Kier alpha value is -4.72. The minimum atomic E-state index is -3.91. The molecule has 4 fully saturated rings. The molecule has 14 heteroatoms. The summed E-state index contributed by atoms with van der Waals surface area (Å²) in [5.41, 5.74) is -0.956. The average Bonchev–Trinajstić information content (AvgIpc) is 4.05. The normalized spacial score (nSPS) is 24.9. The van der Waals surface area contributed by atoms with E-state index in [9.17, 15) is 32.4 Å². The molecule has 54 heavy (non-hydrogen) atoms. The third kappa shape index (κ3) is 7.12. The molecule has 2 saturated carbocycles. The smallest absolute Gasteiger partial charge is 0.419 e. The summed E-state index contributed by atoms with van der Waals surface area (Å²) in [5.74, 6) is -3.44. The zero-order valence-electron chi connectivity index (χ0n) is 31.1. The second-order valence-electron chi connectivity index (χ2n) is 16.4. The van der Waals surface area contributed by atoms with Crippen molar-refractivity contribution in [2.45, 2.75) is 95.1 Å². The average molecular weight is 760 g/mol. The standard InChI is InChI=1S/C40H49N5O8S/c1-5-25-23-40(25,37(49)42-54(51,52)27-17-18-27)41-35(47)33-21-26(53-38(50)45-31-15-9-7-13-28(31)29-14-8-10-16-32(29)45)24-44(33)36(48)30(39(2,3)4)22-34(46)43-19-11-6-12-20-43/h5,7-10,13-16,25-27,30,33H,1,6,11-12,17-24H2,2-4H3,(H,41,47)(H,42,49)/t25-,26-,30-,33+,40-/m1/s1. The molecule has 2 N–H and O–H groups in total. The van der Waals surface area contributed by atoms with E-state index in [1.807, 2.05) is 69.3 Å². The van der Waals surface area contributed by atoms with E-state index in [0.717, 1.165) is 30.0 Å². The topological polar surface area (TPSA) is 164 Å². The molecule has 288 valence electrons. The van der Waals surface area contributed by atoms with E-state index >= 15 is 0 Å². The van der Waals surface area contributed by atoms with E-state index in [0.29, 0.717) is 37.0 Å². The Morgan fingerprint density at radius 3 is 2.13 bits per heavy atom. The maximum absolute atomic E-state index is 14.7. The fourth-order valence-corrected chi connectivity index (χ4v) is 9.48. The first kappa shape index (κ1) is 37.6. The van der Waals surface area contributed by atoms with Crippen LogP contribution in [0.5, 0.6) is 0 Å². The Kier molecular flexibility index (Phi) is 9.86. The van der Waals surface area contributed by atoms with Gasteiger partial charge in [0.05, 0.1) is 28.7 Å². The van der Waals surface area contributed by atoms with Crippen molar-refractivity contribution in [3.05, 3.63) is 61.2 Å². The van der Waals surface area contributed by atoms with Gasteiger partial charge in [0.1, 0.15) is 17.7 Å². The van der Waals surface area contributed by atoms with Crippen LogP contribution in [0.1, 0.15) is 72.1 Å². The van der Waals surface area contributed by atoms with Crippen LogP contribution < -0.4 is 10.0 Å². The number of amides is 4. The largest absolute Gasteiger partial charge is 0.444 e. The number of hydrogen-bond donors (Lipinski definition) is 2. The molecule has 5 atom stereocenters. The molecule has 3 heterocycles. The number of carbonyl (C=O) groups excluding carboxylic acids is 5. The van der Waals surface area contributed by atoms with Gasteiger partial charge in [-0.15, -0.1) is 6.58 Å². The van der Waals surface area contributed by atoms with Crippen LogP contribution in [0.4, 0.5) is 4.79 Å². The number of sulfonamides is 1. The first-order valence-corrected chi connectivity index (χ1v) is 20.5. The van der Waals surface area contributed by atoms with Gasteiger partial charge in [-0.05, 0) is 56.1 Å². The molecule has 2 aliphatic heterocycles. The highest BCUT2D eigenvalue weighted by atomic mass is 32.2. The van der Waals surface area contributed by atoms with Gasteiger partial charge in [-0.1, -0.05) is 63.2 Å². The molecule has 0 radical (unpaired) electrons. The molecule has 3 aromatic rings. The first-order chi connectivity index (χ1) is 25.6. The first-order valence-electron chi connectivity index (χ1n) is 18.9. The SMILES string of the molecule is C=C[C@@H]1C[C@]1(NC(=O)[C@@H]1C[C@@H](OC(=O)n2c3ccccc3c3ccccc32)CN1C(=O)[C@@H](CC(=O)N1CCCCC1)C(C)(C)C)C(=O)NS(=O)(=O)C1CC1. The van der Waals surface area contributed by atoms with Gasteiger partial charge in [-0.2, -0.15) is 0 Å². The molecule has 0 spiro atoms. The van der Waals surface area contributed by atoms with Crippen LogP contribution >= 0.6 is 0 Å². The highest BCUT2D eigenvalue weighted by Gasteiger charge is 2.62. The van der Waals surface area contributed by atoms with Crippen LogP contribution in [0, 0.1) is 17.3 Å². The van der Waals surface area contributed by atoms with Gasteiger partial charge in [0, 0.05) is 42.6 Å². The lowest BCUT2D eigenvalue weighted by atomic mass is 9.77. The highest BCUT2D eigenvalue weighted by Crippen LogP contribution is 2.46. The predicted molar refractivity (Wildman–Crippen MR) is 202 cm³/mol. The third-order valence-electron chi connectivity index (χ3n) is 11.6. The van der Waals surface area contributed by atoms with Gasteiger partial charge < -0.3 is 19.9 Å². The van der Waals surface area contributed by atoms with Gasteiger partial charge in [0.15, 0.2) is 0 Å². The van der Waals surface area contributed by atoms with E-state index in [2.05, 4.69) is 16.6 Å². The Balaban J connectivity index is 1.18. The maximum Gasteiger partial charge on any atom is 0.419 e. The number of carbonyl (C=O) groups is 5. The molecular formula is C40H49N5O8S. The van der Waals surface area contributed by atoms with Crippen LogP contribution in [-0.2, 0) is 33.9 Å². The Bertz CT molecular complexity index is 2080. The molecule has 1 aromatic heterocycles. The number of benzene rings is 2.